The van der Waals surface area contributed by atoms with Crippen LogP contribution in [0.15, 0.2) is 47.5 Å². The number of hydrogen-bond acceptors (Lipinski definition) is 1. The monoisotopic (exact) mass is 315 g/mol. The van der Waals surface area contributed by atoms with Gasteiger partial charge in [-0.25, -0.2) is 10.0 Å². The molecule has 2 rings (SSSR count). The first-order valence-corrected chi connectivity index (χ1v) is 11.0. The molecule has 1 heterocycles. The Labute approximate surface area is 137 Å². The summed E-state index contributed by atoms with van der Waals surface area (Å²) in [5.74, 6) is 0.770. The molecule has 0 N–H and O–H groups in total. The molecule has 0 spiro atoms. The summed E-state index contributed by atoms with van der Waals surface area (Å²) in [6.45, 7) is 4.61. The molecule has 0 aliphatic heterocycles. The van der Waals surface area contributed by atoms with Crippen LogP contribution in [0, 0.1) is 5.92 Å². The van der Waals surface area contributed by atoms with Crippen molar-refractivity contribution in [2.45, 2.75) is 38.0 Å². The van der Waals surface area contributed by atoms with E-state index in [1.165, 1.54) is 35.3 Å². The molecule has 1 nitrogen and oxygen atoms in total. The smallest absolute Gasteiger partial charge is 0.0705 e. The maximum Gasteiger partial charge on any atom is 0.0705 e. The van der Waals surface area contributed by atoms with Gasteiger partial charge >= 0.3 is 0 Å². The zero-order valence-corrected chi connectivity index (χ0v) is 15.4. The fourth-order valence-electron chi connectivity index (χ4n) is 2.85. The summed E-state index contributed by atoms with van der Waals surface area (Å²) in [6.07, 6.45) is 12.9. The van der Waals surface area contributed by atoms with E-state index < -0.39 is 10.0 Å². The van der Waals surface area contributed by atoms with Crippen LogP contribution in [0.1, 0.15) is 32.3 Å². The highest BCUT2D eigenvalue weighted by atomic mass is 32.3. The second kappa shape index (κ2) is 7.32. The van der Waals surface area contributed by atoms with Crippen LogP contribution in [0.3, 0.4) is 0 Å². The second-order valence-corrected chi connectivity index (χ2v) is 10.9. The highest BCUT2D eigenvalue weighted by molar-refractivity contribution is 8.32. The average molecular weight is 316 g/mol. The number of pyridine rings is 1. The van der Waals surface area contributed by atoms with Gasteiger partial charge in [-0.05, 0) is 42.7 Å². The molecular formula is C20H29NS. The van der Waals surface area contributed by atoms with E-state index in [1.54, 1.807) is 0 Å². The largest absolute Gasteiger partial charge is 0.255 e. The Balaban J connectivity index is 2.45. The van der Waals surface area contributed by atoms with Gasteiger partial charge in [0.25, 0.3) is 0 Å². The van der Waals surface area contributed by atoms with E-state index in [0.29, 0.717) is 0 Å². The van der Waals surface area contributed by atoms with Crippen LogP contribution in [-0.4, -0.2) is 23.8 Å². The Hall–Kier alpha value is -1.28. The quantitative estimate of drug-likeness (QED) is 0.658. The molecule has 1 aromatic heterocycles. The third-order valence-corrected chi connectivity index (χ3v) is 6.03. The predicted octanol–water partition coefficient (Wildman–Crippen LogP) is 5.78. The van der Waals surface area contributed by atoms with Crippen LogP contribution in [0.4, 0.5) is 0 Å². The minimum Gasteiger partial charge on any atom is -0.255 e. The van der Waals surface area contributed by atoms with Gasteiger partial charge in [-0.15, -0.1) is 0 Å². The molecule has 0 aliphatic rings. The molecule has 2 aromatic rings. The molecule has 1 aromatic carbocycles. The number of benzene rings is 1. The average Bonchev–Trinajstić information content (AvgIpc) is 2.52. The molecule has 0 aliphatic carbocycles. The maximum atomic E-state index is 4.76. The molecule has 0 radical (unpaired) electrons. The fraction of sp³-hybridized carbons (Fsp3) is 0.450. The first-order chi connectivity index (χ1) is 10.5. The van der Waals surface area contributed by atoms with Crippen molar-refractivity contribution in [2.24, 2.45) is 5.92 Å². The Morgan fingerprint density at radius 1 is 1.00 bits per heavy atom. The number of aromatic nitrogens is 1. The van der Waals surface area contributed by atoms with E-state index in [1.807, 2.05) is 0 Å². The lowest BCUT2D eigenvalue weighted by atomic mass is 9.94. The highest BCUT2D eigenvalue weighted by Crippen LogP contribution is 2.47. The van der Waals surface area contributed by atoms with Crippen LogP contribution in [-0.2, 0) is 6.42 Å². The van der Waals surface area contributed by atoms with Crippen LogP contribution < -0.4 is 0 Å². The Morgan fingerprint density at radius 2 is 1.64 bits per heavy atom. The third kappa shape index (κ3) is 4.13. The summed E-state index contributed by atoms with van der Waals surface area (Å²) >= 11 is 0. The predicted molar refractivity (Wildman–Crippen MR) is 101 cm³/mol. The van der Waals surface area contributed by atoms with E-state index in [2.05, 4.69) is 75.2 Å². The summed E-state index contributed by atoms with van der Waals surface area (Å²) in [5, 5.41) is 0. The first-order valence-electron chi connectivity index (χ1n) is 8.18. The Morgan fingerprint density at radius 3 is 2.18 bits per heavy atom. The van der Waals surface area contributed by atoms with E-state index in [4.69, 9.17) is 4.98 Å². The minimum atomic E-state index is -0.757. The van der Waals surface area contributed by atoms with Gasteiger partial charge in [-0.2, -0.15) is 0 Å². The summed E-state index contributed by atoms with van der Waals surface area (Å²) in [7, 11) is -0.757. The van der Waals surface area contributed by atoms with Gasteiger partial charge < -0.3 is 0 Å². The molecular weight excluding hydrogens is 286 g/mol. The van der Waals surface area contributed by atoms with Gasteiger partial charge in [-0.3, -0.25) is 4.98 Å². The lowest BCUT2D eigenvalue weighted by molar-refractivity contribution is 0.487. The topological polar surface area (TPSA) is 12.9 Å². The lowest BCUT2D eigenvalue weighted by Gasteiger charge is -2.29. The van der Waals surface area contributed by atoms with Gasteiger partial charge in [0.05, 0.1) is 5.69 Å². The molecule has 0 unspecified atom stereocenters. The molecule has 0 saturated carbocycles. The highest BCUT2D eigenvalue weighted by Gasteiger charge is 2.17. The summed E-state index contributed by atoms with van der Waals surface area (Å²) in [6, 6.07) is 12.9. The van der Waals surface area contributed by atoms with Gasteiger partial charge in [0.15, 0.2) is 0 Å². The number of rotatable bonds is 6. The Kier molecular flexibility index (Phi) is 5.69. The molecule has 0 atom stereocenters. The molecule has 2 heteroatoms. The minimum absolute atomic E-state index is 0.757. The van der Waals surface area contributed by atoms with Crippen LogP contribution in [0.5, 0.6) is 0 Å². The van der Waals surface area contributed by atoms with Crippen molar-refractivity contribution in [3.63, 3.8) is 0 Å². The maximum absolute atomic E-state index is 4.76. The summed E-state index contributed by atoms with van der Waals surface area (Å²) in [5.41, 5.74) is 3.82. The van der Waals surface area contributed by atoms with Gasteiger partial charge in [0.2, 0.25) is 0 Å². The van der Waals surface area contributed by atoms with Crippen molar-refractivity contribution in [1.29, 1.82) is 0 Å². The lowest BCUT2D eigenvalue weighted by Crippen LogP contribution is -2.07. The molecule has 0 fully saturated rings. The van der Waals surface area contributed by atoms with Crippen LogP contribution >= 0.6 is 10.0 Å². The number of nitrogens with zero attached hydrogens (tertiary/aromatic N) is 1. The first kappa shape index (κ1) is 17.1. The Bertz CT molecular complexity index is 595. The fourth-order valence-corrected chi connectivity index (χ4v) is 4.15. The van der Waals surface area contributed by atoms with E-state index in [-0.39, 0.29) is 0 Å². The number of hydrogen-bond donors (Lipinski definition) is 0. The standard InChI is InChI=1S/C20H29NS/c1-6-16(7-2)13-18-14-19(17-11-9-8-10-12-17)21-15-20(18)22(3,4)5/h8-12,14-16H,6-7,13H2,1-5H3. The van der Waals surface area contributed by atoms with Crippen molar-refractivity contribution < 1.29 is 0 Å². The van der Waals surface area contributed by atoms with Gasteiger partial charge in [0.1, 0.15) is 0 Å². The normalized spacial score (nSPS) is 12.6. The van der Waals surface area contributed by atoms with Crippen LogP contribution in [0.25, 0.3) is 11.3 Å². The molecule has 120 valence electrons. The van der Waals surface area contributed by atoms with Crippen molar-refractivity contribution in [3.05, 3.63) is 48.2 Å². The van der Waals surface area contributed by atoms with E-state index in [9.17, 15) is 0 Å². The molecule has 0 saturated heterocycles. The third-order valence-electron chi connectivity index (χ3n) is 4.34. The van der Waals surface area contributed by atoms with Crippen LogP contribution in [0.2, 0.25) is 0 Å². The summed E-state index contributed by atoms with van der Waals surface area (Å²) in [4.78, 5) is 6.23. The van der Waals surface area contributed by atoms with E-state index >= 15 is 0 Å². The molecule has 0 bridgehead atoms. The van der Waals surface area contributed by atoms with Gasteiger partial charge in [-0.1, -0.05) is 57.0 Å². The van der Waals surface area contributed by atoms with Crippen molar-refractivity contribution in [3.8, 4) is 11.3 Å². The van der Waals surface area contributed by atoms with E-state index in [0.717, 1.165) is 11.6 Å². The van der Waals surface area contributed by atoms with Gasteiger partial charge in [0, 0.05) is 16.7 Å². The molecule has 0 amide bonds. The summed E-state index contributed by atoms with van der Waals surface area (Å²) < 4.78 is 0. The zero-order valence-electron chi connectivity index (χ0n) is 14.6. The zero-order chi connectivity index (χ0) is 16.2. The molecule has 22 heavy (non-hydrogen) atoms. The second-order valence-electron chi connectivity index (χ2n) is 6.77. The van der Waals surface area contributed by atoms with Crippen molar-refractivity contribution in [1.82, 2.24) is 4.98 Å². The van der Waals surface area contributed by atoms with Crippen molar-refractivity contribution in [2.75, 3.05) is 18.8 Å². The SMILES string of the molecule is CCC(CC)Cc1cc(-c2ccccc2)ncc1S(C)(C)C. The van der Waals surface area contributed by atoms with Crippen molar-refractivity contribution >= 4 is 10.0 Å².